The molecule has 2 aliphatic heterocycles. The van der Waals surface area contributed by atoms with E-state index in [0.29, 0.717) is 24.0 Å². The zero-order valence-corrected chi connectivity index (χ0v) is 21.9. The fourth-order valence-electron chi connectivity index (χ4n) is 4.66. The van der Waals surface area contributed by atoms with Crippen LogP contribution in [0.1, 0.15) is 12.8 Å². The maximum absolute atomic E-state index is 14.2. The molecule has 40 heavy (non-hydrogen) atoms. The highest BCUT2D eigenvalue weighted by Gasteiger charge is 2.39. The van der Waals surface area contributed by atoms with E-state index in [-0.39, 0.29) is 17.2 Å². The van der Waals surface area contributed by atoms with E-state index in [9.17, 15) is 22.5 Å². The number of alkyl halides is 3. The molecule has 0 saturated heterocycles. The fourth-order valence-corrected chi connectivity index (χ4v) is 6.40. The van der Waals surface area contributed by atoms with E-state index < -0.39 is 34.2 Å². The minimum absolute atomic E-state index is 0.124. The lowest BCUT2D eigenvalue weighted by atomic mass is 10.0. The van der Waals surface area contributed by atoms with Gasteiger partial charge in [-0.15, -0.1) is 13.2 Å². The van der Waals surface area contributed by atoms with Crippen LogP contribution in [0.25, 0.3) is 0 Å². The molecule has 3 aromatic carbocycles. The molecule has 3 atom stereocenters. The van der Waals surface area contributed by atoms with Crippen molar-refractivity contribution >= 4 is 21.3 Å². The maximum Gasteiger partial charge on any atom is 0.573 e. The van der Waals surface area contributed by atoms with E-state index in [4.69, 9.17) is 9.47 Å². The van der Waals surface area contributed by atoms with Crippen molar-refractivity contribution in [3.63, 3.8) is 0 Å². The van der Waals surface area contributed by atoms with Gasteiger partial charge in [0.2, 0.25) is 0 Å². The number of anilines is 2. The van der Waals surface area contributed by atoms with Crippen LogP contribution in [-0.2, 0) is 14.7 Å². The number of hydrogen-bond donors (Lipinski definition) is 2. The van der Waals surface area contributed by atoms with E-state index in [2.05, 4.69) is 13.8 Å². The van der Waals surface area contributed by atoms with Gasteiger partial charge >= 0.3 is 6.36 Å². The number of benzene rings is 3. The van der Waals surface area contributed by atoms with E-state index in [1.54, 1.807) is 0 Å². The summed E-state index contributed by atoms with van der Waals surface area (Å²) in [6.07, 6.45) is -2.80. The number of ether oxygens (including phenoxy) is 3. The van der Waals surface area contributed by atoms with Gasteiger partial charge in [0.1, 0.15) is 30.8 Å². The van der Waals surface area contributed by atoms with Crippen LogP contribution >= 0.6 is 0 Å². The van der Waals surface area contributed by atoms with Crippen LogP contribution in [0.5, 0.6) is 17.2 Å². The predicted octanol–water partition coefficient (Wildman–Crippen LogP) is 5.87. The molecule has 0 spiro atoms. The molecule has 1 unspecified atom stereocenters. The molecule has 1 aliphatic carbocycles. The van der Waals surface area contributed by atoms with E-state index >= 15 is 0 Å². The molecule has 3 aliphatic rings. The Hall–Kier alpha value is -3.90. The van der Waals surface area contributed by atoms with Crippen LogP contribution in [0.3, 0.4) is 0 Å². The highest BCUT2D eigenvalue weighted by molar-refractivity contribution is 7.91. The Morgan fingerprint density at radius 2 is 1.62 bits per heavy atom. The van der Waals surface area contributed by atoms with Crippen molar-refractivity contribution in [2.24, 2.45) is 10.3 Å². The highest BCUT2D eigenvalue weighted by atomic mass is 32.2. The smallest absolute Gasteiger partial charge is 0.497 e. The van der Waals surface area contributed by atoms with Crippen LogP contribution in [0.15, 0.2) is 94.0 Å². The summed E-state index contributed by atoms with van der Waals surface area (Å²) in [7, 11) is -3.40. The van der Waals surface area contributed by atoms with Crippen molar-refractivity contribution in [1.82, 2.24) is 4.72 Å². The number of rotatable bonds is 7. The van der Waals surface area contributed by atoms with Crippen LogP contribution in [0.2, 0.25) is 0 Å². The summed E-state index contributed by atoms with van der Waals surface area (Å²) >= 11 is 0. The monoisotopic (exact) mass is 573 g/mol. The number of aliphatic hydroxyl groups excluding tert-OH is 1. The molecule has 1 saturated carbocycles. The normalized spacial score (nSPS) is 21.5. The molecular weight excluding hydrogens is 547 g/mol. The van der Waals surface area contributed by atoms with Gasteiger partial charge in [-0.3, -0.25) is 4.72 Å². The average Bonchev–Trinajstić information content (AvgIpc) is 3.76. The van der Waals surface area contributed by atoms with Gasteiger partial charge in [0.25, 0.3) is 0 Å². The standard InChI is InChI=1S/C28H26F3N3O5S/c29-28(30,31)39-19-11-13-20(14-12-19)40(36,32-15-18-9-10-18)33-21-16-37-17-24(27(21)35)34-22-5-1-3-7-25(22)38-26-8-4-2-6-23(26)34/h1-8,11-14,16,18,24,27,35H,9-10,15,17H2,(H,32,33,36)/t24-,27-,40?/m0/s1. The van der Waals surface area contributed by atoms with Gasteiger partial charge in [-0.1, -0.05) is 24.3 Å². The minimum atomic E-state index is -4.85. The zero-order chi connectivity index (χ0) is 27.9. The third-order valence-corrected chi connectivity index (χ3v) is 8.74. The third-order valence-electron chi connectivity index (χ3n) is 6.81. The molecular formula is C28H26F3N3O5S. The number of nitrogens with one attached hydrogen (secondary N) is 1. The van der Waals surface area contributed by atoms with Crippen molar-refractivity contribution in [3.8, 4) is 17.2 Å². The Kier molecular flexibility index (Phi) is 6.75. The Bertz CT molecular complexity index is 1500. The first-order valence-electron chi connectivity index (χ1n) is 12.7. The lowest BCUT2D eigenvalue weighted by Crippen LogP contribution is -2.50. The van der Waals surface area contributed by atoms with Gasteiger partial charge in [-0.25, -0.2) is 8.57 Å². The second kappa shape index (κ2) is 10.3. The average molecular weight is 574 g/mol. The number of halogens is 3. The van der Waals surface area contributed by atoms with Gasteiger partial charge in [0.15, 0.2) is 21.4 Å². The molecule has 8 nitrogen and oxygen atoms in total. The largest absolute Gasteiger partial charge is 0.573 e. The first-order chi connectivity index (χ1) is 19.2. The Balaban J connectivity index is 1.31. The number of fused-ring (bicyclic) bond motifs is 2. The summed E-state index contributed by atoms with van der Waals surface area (Å²) in [5, 5.41) is 11.6. The molecule has 0 amide bonds. The summed E-state index contributed by atoms with van der Waals surface area (Å²) in [4.78, 5) is 2.08. The van der Waals surface area contributed by atoms with Crippen molar-refractivity contribution in [3.05, 3.63) is 84.8 Å². The van der Waals surface area contributed by atoms with Gasteiger partial charge in [-0.05, 0) is 67.3 Å². The number of hydrogen-bond acceptors (Lipinski definition) is 7. The van der Waals surface area contributed by atoms with Crippen LogP contribution in [0, 0.1) is 5.92 Å². The zero-order valence-electron chi connectivity index (χ0n) is 21.1. The number of nitrogens with zero attached hydrogens (tertiary/aromatic N) is 2. The van der Waals surface area contributed by atoms with E-state index in [1.165, 1.54) is 18.4 Å². The van der Waals surface area contributed by atoms with Gasteiger partial charge in [0.05, 0.1) is 28.5 Å². The number of aliphatic hydroxyl groups is 1. The second-order valence-electron chi connectivity index (χ2n) is 9.73. The molecule has 0 aromatic heterocycles. The summed E-state index contributed by atoms with van der Waals surface area (Å²) in [6.45, 7) is 0.434. The summed E-state index contributed by atoms with van der Waals surface area (Å²) in [5.41, 5.74) is 1.60. The maximum atomic E-state index is 14.2. The van der Waals surface area contributed by atoms with Gasteiger partial charge < -0.3 is 24.2 Å². The quantitative estimate of drug-likeness (QED) is 0.367. The third kappa shape index (κ3) is 5.41. The fraction of sp³-hybridized carbons (Fsp3) is 0.286. The summed E-state index contributed by atoms with van der Waals surface area (Å²) in [5.74, 6) is 1.08. The topological polar surface area (TPSA) is 92.6 Å². The van der Waals surface area contributed by atoms with Crippen LogP contribution in [0.4, 0.5) is 24.5 Å². The van der Waals surface area contributed by atoms with Crippen LogP contribution < -0.4 is 19.1 Å². The Labute approximate surface area is 229 Å². The first kappa shape index (κ1) is 26.3. The molecule has 6 rings (SSSR count). The Morgan fingerprint density at radius 1 is 1.00 bits per heavy atom. The summed E-state index contributed by atoms with van der Waals surface area (Å²) < 4.78 is 75.3. The van der Waals surface area contributed by atoms with E-state index in [1.807, 2.05) is 53.4 Å². The molecule has 210 valence electrons. The molecule has 2 heterocycles. The highest BCUT2D eigenvalue weighted by Crippen LogP contribution is 2.48. The van der Waals surface area contributed by atoms with Gasteiger partial charge in [-0.2, -0.15) is 0 Å². The van der Waals surface area contributed by atoms with Gasteiger partial charge in [0, 0.05) is 0 Å². The van der Waals surface area contributed by atoms with Crippen molar-refractivity contribution < 1.29 is 36.7 Å². The molecule has 3 aromatic rings. The molecule has 12 heteroatoms. The second-order valence-corrected chi connectivity index (χ2v) is 11.7. The summed E-state index contributed by atoms with van der Waals surface area (Å²) in [6, 6.07) is 18.9. The van der Waals surface area contributed by atoms with Crippen LogP contribution in [-0.4, -0.2) is 41.0 Å². The lowest BCUT2D eigenvalue weighted by molar-refractivity contribution is -0.274. The molecule has 0 bridgehead atoms. The SMILES string of the molecule is O=S(=NCC1CC1)(NC1=COC[C@H](N2c3ccccc3Oc3ccccc32)[C@H]1O)c1ccc(OC(F)(F)F)cc1. The predicted molar refractivity (Wildman–Crippen MR) is 142 cm³/mol. The first-order valence-corrected chi connectivity index (χ1v) is 14.2. The van der Waals surface area contributed by atoms with E-state index in [0.717, 1.165) is 36.3 Å². The Morgan fingerprint density at radius 3 is 2.23 bits per heavy atom. The number of para-hydroxylation sites is 4. The molecule has 0 radical (unpaired) electrons. The lowest BCUT2D eigenvalue weighted by Gasteiger charge is -2.42. The van der Waals surface area contributed by atoms with Crippen molar-refractivity contribution in [1.29, 1.82) is 0 Å². The van der Waals surface area contributed by atoms with Crippen molar-refractivity contribution in [2.75, 3.05) is 18.1 Å². The minimum Gasteiger partial charge on any atom is -0.497 e. The molecule has 2 N–H and O–H groups in total. The molecule has 1 fully saturated rings. The van der Waals surface area contributed by atoms with Crippen molar-refractivity contribution in [2.45, 2.75) is 36.2 Å².